The Morgan fingerprint density at radius 2 is 1.88 bits per heavy atom. The predicted molar refractivity (Wildman–Crippen MR) is 112 cm³/mol. The lowest BCUT2D eigenvalue weighted by Crippen LogP contribution is -2.44. The van der Waals surface area contributed by atoms with Gasteiger partial charge in [0.1, 0.15) is 0 Å². The van der Waals surface area contributed by atoms with Crippen LogP contribution in [-0.2, 0) is 0 Å². The van der Waals surface area contributed by atoms with Gasteiger partial charge < -0.3 is 10.6 Å². The normalized spacial score (nSPS) is 23.8. The summed E-state index contributed by atoms with van der Waals surface area (Å²) in [6.07, 6.45) is 5.13. The lowest BCUT2D eigenvalue weighted by molar-refractivity contribution is 0.247. The molecule has 1 aromatic carbocycles. The van der Waals surface area contributed by atoms with Crippen LogP contribution < -0.4 is 5.73 Å². The summed E-state index contributed by atoms with van der Waals surface area (Å²) in [4.78, 5) is 9.61. The Kier molecular flexibility index (Phi) is 7.81. The van der Waals surface area contributed by atoms with Crippen molar-refractivity contribution in [1.82, 2.24) is 9.80 Å². The first-order chi connectivity index (χ1) is 11.2. The molecule has 0 amide bonds. The molecule has 2 aliphatic rings. The molecule has 0 spiro atoms. The third kappa shape index (κ3) is 5.09. The summed E-state index contributed by atoms with van der Waals surface area (Å²) in [5, 5.41) is 0. The van der Waals surface area contributed by atoms with Gasteiger partial charge in [0.15, 0.2) is 5.96 Å². The third-order valence-corrected chi connectivity index (χ3v) is 5.17. The van der Waals surface area contributed by atoms with E-state index >= 15 is 0 Å². The maximum absolute atomic E-state index is 6.29. The van der Waals surface area contributed by atoms with Crippen molar-refractivity contribution in [3.63, 3.8) is 0 Å². The summed E-state index contributed by atoms with van der Waals surface area (Å²) >= 11 is 0. The second kappa shape index (κ2) is 9.61. The molecular formula is C19H31IN4. The van der Waals surface area contributed by atoms with E-state index in [9.17, 15) is 0 Å². The largest absolute Gasteiger partial charge is 0.370 e. The van der Waals surface area contributed by atoms with Crippen LogP contribution in [0, 0.1) is 5.92 Å². The first kappa shape index (κ1) is 19.5. The highest BCUT2D eigenvalue weighted by molar-refractivity contribution is 14.0. The highest BCUT2D eigenvalue weighted by atomic mass is 127. The van der Waals surface area contributed by atoms with Crippen molar-refractivity contribution in [3.8, 4) is 0 Å². The number of hydrogen-bond donors (Lipinski definition) is 1. The second-order valence-electron chi connectivity index (χ2n) is 7.06. The van der Waals surface area contributed by atoms with E-state index in [-0.39, 0.29) is 24.0 Å². The van der Waals surface area contributed by atoms with Crippen LogP contribution >= 0.6 is 24.0 Å². The van der Waals surface area contributed by atoms with E-state index in [1.807, 2.05) is 0 Å². The summed E-state index contributed by atoms with van der Waals surface area (Å²) in [5.74, 6) is 1.46. The average Bonchev–Trinajstić information content (AvgIpc) is 3.10. The number of guanidine groups is 1. The number of benzene rings is 1. The van der Waals surface area contributed by atoms with Gasteiger partial charge in [0.05, 0.1) is 12.6 Å². The highest BCUT2D eigenvalue weighted by Gasteiger charge is 2.24. The number of piperidine rings is 1. The first-order valence-corrected chi connectivity index (χ1v) is 9.08. The predicted octanol–water partition coefficient (Wildman–Crippen LogP) is 3.49. The number of nitrogens with zero attached hydrogens (tertiary/aromatic N) is 3. The van der Waals surface area contributed by atoms with Crippen molar-refractivity contribution < 1.29 is 0 Å². The minimum atomic E-state index is 0. The Morgan fingerprint density at radius 3 is 2.54 bits per heavy atom. The number of aliphatic imine (C=N–C) groups is 1. The lowest BCUT2D eigenvalue weighted by Gasteiger charge is -2.32. The summed E-state index contributed by atoms with van der Waals surface area (Å²) < 4.78 is 0. The van der Waals surface area contributed by atoms with Crippen LogP contribution in [0.15, 0.2) is 35.3 Å². The molecule has 2 atom stereocenters. The summed E-state index contributed by atoms with van der Waals surface area (Å²) in [7, 11) is 0. The molecule has 0 aliphatic carbocycles. The van der Waals surface area contributed by atoms with Crippen LogP contribution in [0.2, 0.25) is 0 Å². The van der Waals surface area contributed by atoms with Crippen molar-refractivity contribution >= 4 is 29.9 Å². The van der Waals surface area contributed by atoms with Gasteiger partial charge in [-0.05, 0) is 50.3 Å². The van der Waals surface area contributed by atoms with Gasteiger partial charge >= 0.3 is 0 Å². The number of nitrogens with two attached hydrogens (primary N) is 1. The Morgan fingerprint density at radius 1 is 1.17 bits per heavy atom. The molecule has 3 rings (SSSR count). The van der Waals surface area contributed by atoms with E-state index in [0.29, 0.717) is 6.04 Å². The zero-order valence-corrected chi connectivity index (χ0v) is 17.1. The molecule has 0 bridgehead atoms. The molecule has 2 saturated heterocycles. The van der Waals surface area contributed by atoms with Crippen molar-refractivity contribution in [2.75, 3.05) is 32.7 Å². The number of likely N-dealkylation sites (tertiary alicyclic amines) is 2. The molecule has 2 N–H and O–H groups in total. The van der Waals surface area contributed by atoms with E-state index in [4.69, 9.17) is 10.7 Å². The molecule has 2 fully saturated rings. The van der Waals surface area contributed by atoms with E-state index in [1.165, 1.54) is 44.3 Å². The lowest BCUT2D eigenvalue weighted by atomic mass is 10.0. The van der Waals surface area contributed by atoms with E-state index in [2.05, 4.69) is 47.1 Å². The summed E-state index contributed by atoms with van der Waals surface area (Å²) in [6.45, 7) is 7.52. The Bertz CT molecular complexity index is 513. The van der Waals surface area contributed by atoms with Gasteiger partial charge in [0, 0.05) is 13.1 Å². The van der Waals surface area contributed by atoms with Gasteiger partial charge in [-0.3, -0.25) is 9.89 Å². The van der Waals surface area contributed by atoms with E-state index in [0.717, 1.165) is 31.5 Å². The summed E-state index contributed by atoms with van der Waals surface area (Å²) in [5.41, 5.74) is 7.65. The van der Waals surface area contributed by atoms with Crippen LogP contribution in [0.4, 0.5) is 0 Å². The van der Waals surface area contributed by atoms with Crippen LogP contribution in [0.3, 0.4) is 0 Å². The fourth-order valence-corrected chi connectivity index (χ4v) is 3.84. The van der Waals surface area contributed by atoms with Gasteiger partial charge in [0.2, 0.25) is 0 Å². The van der Waals surface area contributed by atoms with Crippen molar-refractivity contribution in [3.05, 3.63) is 35.9 Å². The third-order valence-electron chi connectivity index (χ3n) is 5.17. The monoisotopic (exact) mass is 442 g/mol. The fourth-order valence-electron chi connectivity index (χ4n) is 3.84. The summed E-state index contributed by atoms with van der Waals surface area (Å²) in [6, 6.07) is 11.1. The molecule has 1 aromatic rings. The molecule has 24 heavy (non-hydrogen) atoms. The van der Waals surface area contributed by atoms with Crippen molar-refractivity contribution in [2.45, 2.75) is 38.6 Å². The molecule has 0 aromatic heterocycles. The second-order valence-corrected chi connectivity index (χ2v) is 7.06. The van der Waals surface area contributed by atoms with E-state index < -0.39 is 0 Å². The SMILES string of the molecule is CC1CCCN(C(N)=NCC(c2ccccc2)N2CCCC2)C1.I. The van der Waals surface area contributed by atoms with E-state index in [1.54, 1.807) is 0 Å². The fraction of sp³-hybridized carbons (Fsp3) is 0.632. The van der Waals surface area contributed by atoms with Gasteiger partial charge in [-0.25, -0.2) is 0 Å². The minimum Gasteiger partial charge on any atom is -0.370 e. The highest BCUT2D eigenvalue weighted by Crippen LogP contribution is 2.25. The maximum atomic E-state index is 6.29. The molecule has 2 heterocycles. The topological polar surface area (TPSA) is 44.9 Å². The Labute approximate surface area is 163 Å². The van der Waals surface area contributed by atoms with Gasteiger partial charge in [-0.15, -0.1) is 24.0 Å². The van der Waals surface area contributed by atoms with Crippen LogP contribution in [0.1, 0.15) is 44.2 Å². The number of hydrogen-bond acceptors (Lipinski definition) is 2. The first-order valence-electron chi connectivity index (χ1n) is 9.08. The van der Waals surface area contributed by atoms with Crippen LogP contribution in [-0.4, -0.2) is 48.5 Å². The molecule has 134 valence electrons. The molecule has 0 saturated carbocycles. The van der Waals surface area contributed by atoms with Crippen LogP contribution in [0.5, 0.6) is 0 Å². The molecule has 0 radical (unpaired) electrons. The molecule has 2 aliphatic heterocycles. The Hall–Kier alpha value is -0.820. The number of rotatable bonds is 4. The van der Waals surface area contributed by atoms with Crippen LogP contribution in [0.25, 0.3) is 0 Å². The van der Waals surface area contributed by atoms with Gasteiger partial charge in [0.25, 0.3) is 0 Å². The van der Waals surface area contributed by atoms with Gasteiger partial charge in [-0.1, -0.05) is 37.3 Å². The molecule has 5 heteroatoms. The standard InChI is InChI=1S/C19H30N4.HI/c1-16-8-7-13-23(15-16)19(20)21-14-18(22-11-5-6-12-22)17-9-3-2-4-10-17;/h2-4,9-10,16,18H,5-8,11-15H2,1H3,(H2,20,21);1H. The zero-order valence-electron chi connectivity index (χ0n) is 14.7. The molecule has 2 unspecified atom stereocenters. The molecular weight excluding hydrogens is 411 g/mol. The minimum absolute atomic E-state index is 0. The molecule has 4 nitrogen and oxygen atoms in total. The Balaban J connectivity index is 0.00000208. The van der Waals surface area contributed by atoms with Crippen molar-refractivity contribution in [2.24, 2.45) is 16.6 Å². The number of halogens is 1. The maximum Gasteiger partial charge on any atom is 0.191 e. The average molecular weight is 442 g/mol. The quantitative estimate of drug-likeness (QED) is 0.441. The van der Waals surface area contributed by atoms with Crippen molar-refractivity contribution in [1.29, 1.82) is 0 Å². The smallest absolute Gasteiger partial charge is 0.191 e. The van der Waals surface area contributed by atoms with Gasteiger partial charge in [-0.2, -0.15) is 0 Å². The zero-order chi connectivity index (χ0) is 16.1.